The molecule has 3 atom stereocenters. The van der Waals surface area contributed by atoms with E-state index in [0.29, 0.717) is 6.42 Å². The molecule has 0 saturated carbocycles. The highest BCUT2D eigenvalue weighted by Gasteiger charge is 2.41. The molecule has 2 saturated heterocycles. The minimum absolute atomic E-state index is 0.0258. The Hall–Kier alpha value is -1.10. The molecule has 0 spiro atoms. The summed E-state index contributed by atoms with van der Waals surface area (Å²) in [5.41, 5.74) is 0. The lowest BCUT2D eigenvalue weighted by Crippen LogP contribution is -2.56. The number of nitrogens with one attached hydrogen (secondary N) is 1. The highest BCUT2D eigenvalue weighted by molar-refractivity contribution is 5.87. The number of carbonyl (C=O) groups is 2. The molecule has 0 bridgehead atoms. The Morgan fingerprint density at radius 1 is 1.29 bits per heavy atom. The van der Waals surface area contributed by atoms with Crippen LogP contribution in [0.3, 0.4) is 0 Å². The second kappa shape index (κ2) is 5.04. The summed E-state index contributed by atoms with van der Waals surface area (Å²) in [5, 5.41) is 12.2. The third kappa shape index (κ3) is 2.29. The van der Waals surface area contributed by atoms with Crippen molar-refractivity contribution in [3.05, 3.63) is 0 Å². The van der Waals surface area contributed by atoms with Crippen LogP contribution in [0.5, 0.6) is 0 Å². The van der Waals surface area contributed by atoms with E-state index in [1.165, 1.54) is 0 Å². The smallest absolute Gasteiger partial charge is 0.326 e. The van der Waals surface area contributed by atoms with Gasteiger partial charge in [0.2, 0.25) is 5.91 Å². The normalized spacial score (nSPS) is 34.1. The molecule has 2 fully saturated rings. The van der Waals surface area contributed by atoms with Gasteiger partial charge in [-0.2, -0.15) is 0 Å². The molecule has 0 aromatic rings. The van der Waals surface area contributed by atoms with Crippen LogP contribution in [0.25, 0.3) is 0 Å². The summed E-state index contributed by atoms with van der Waals surface area (Å²) in [7, 11) is 1.77. The van der Waals surface area contributed by atoms with Crippen LogP contribution in [0.2, 0.25) is 0 Å². The van der Waals surface area contributed by atoms with E-state index in [9.17, 15) is 14.7 Å². The van der Waals surface area contributed by atoms with Crippen LogP contribution in [0.4, 0.5) is 0 Å². The fraction of sp³-hybridized carbons (Fsp3) is 0.833. The molecule has 1 amide bonds. The van der Waals surface area contributed by atoms with Crippen molar-refractivity contribution >= 4 is 11.9 Å². The van der Waals surface area contributed by atoms with E-state index in [4.69, 9.17) is 0 Å². The van der Waals surface area contributed by atoms with Crippen LogP contribution in [0.1, 0.15) is 38.5 Å². The standard InChI is InChI=1S/C12H20N2O3/c1-13-9-6-2-4-8-5-3-7-10(12(16)17)14(8)11(9)15/h8-10,13H,2-7H2,1H3,(H,16,17)/t8-,9+,10+/m1/s1. The summed E-state index contributed by atoms with van der Waals surface area (Å²) >= 11 is 0. The van der Waals surface area contributed by atoms with Gasteiger partial charge < -0.3 is 15.3 Å². The van der Waals surface area contributed by atoms with E-state index in [1.807, 2.05) is 0 Å². The number of nitrogens with zero attached hydrogens (tertiary/aromatic N) is 1. The fourth-order valence-corrected chi connectivity index (χ4v) is 3.07. The fourth-order valence-electron chi connectivity index (χ4n) is 3.07. The number of hydrogen-bond acceptors (Lipinski definition) is 3. The number of rotatable bonds is 2. The summed E-state index contributed by atoms with van der Waals surface area (Å²) in [6.07, 6.45) is 5.20. The van der Waals surface area contributed by atoms with E-state index in [2.05, 4.69) is 5.32 Å². The predicted octanol–water partition coefficient (Wildman–Crippen LogP) is 0.593. The summed E-state index contributed by atoms with van der Waals surface area (Å²) in [6.45, 7) is 0. The maximum Gasteiger partial charge on any atom is 0.326 e. The van der Waals surface area contributed by atoms with E-state index < -0.39 is 12.0 Å². The molecule has 2 rings (SSSR count). The van der Waals surface area contributed by atoms with Gasteiger partial charge in [0.1, 0.15) is 6.04 Å². The summed E-state index contributed by atoms with van der Waals surface area (Å²) < 4.78 is 0. The number of carboxylic acids is 1. The summed E-state index contributed by atoms with van der Waals surface area (Å²) in [5.74, 6) is -0.887. The van der Waals surface area contributed by atoms with Crippen LogP contribution in [0, 0.1) is 0 Å². The molecule has 2 N–H and O–H groups in total. The number of aliphatic carboxylic acids is 1. The molecule has 0 radical (unpaired) electrons. The Balaban J connectivity index is 2.24. The molecular formula is C12H20N2O3. The number of fused-ring (bicyclic) bond motifs is 1. The molecule has 96 valence electrons. The topological polar surface area (TPSA) is 69.6 Å². The Labute approximate surface area is 101 Å². The van der Waals surface area contributed by atoms with Crippen molar-refractivity contribution in [3.8, 4) is 0 Å². The number of carboxylic acid groups (broad SMARTS) is 1. The van der Waals surface area contributed by atoms with Gasteiger partial charge in [-0.3, -0.25) is 4.79 Å². The third-order valence-electron chi connectivity index (χ3n) is 3.96. The molecule has 0 unspecified atom stereocenters. The highest BCUT2D eigenvalue weighted by Crippen LogP contribution is 2.30. The zero-order valence-electron chi connectivity index (χ0n) is 10.2. The lowest BCUT2D eigenvalue weighted by atomic mass is 9.93. The maximum absolute atomic E-state index is 12.3. The van der Waals surface area contributed by atoms with Gasteiger partial charge in [-0.25, -0.2) is 4.79 Å². The molecule has 17 heavy (non-hydrogen) atoms. The first kappa shape index (κ1) is 12.4. The molecule has 5 nitrogen and oxygen atoms in total. The van der Waals surface area contributed by atoms with Crippen LogP contribution in [-0.4, -0.2) is 47.1 Å². The van der Waals surface area contributed by atoms with Crippen molar-refractivity contribution in [2.45, 2.75) is 56.7 Å². The van der Waals surface area contributed by atoms with Gasteiger partial charge >= 0.3 is 5.97 Å². The molecule has 2 heterocycles. The van der Waals surface area contributed by atoms with Crippen LogP contribution < -0.4 is 5.32 Å². The number of amides is 1. The average Bonchev–Trinajstić information content (AvgIpc) is 2.48. The summed E-state index contributed by atoms with van der Waals surface area (Å²) in [6, 6.07) is -0.689. The van der Waals surface area contributed by atoms with E-state index in [1.54, 1.807) is 11.9 Å². The molecule has 5 heteroatoms. The number of hydrogen-bond donors (Lipinski definition) is 2. The van der Waals surface area contributed by atoms with Crippen molar-refractivity contribution in [1.29, 1.82) is 0 Å². The molecule has 0 aliphatic carbocycles. The predicted molar refractivity (Wildman–Crippen MR) is 62.6 cm³/mol. The molecule has 2 aliphatic rings. The van der Waals surface area contributed by atoms with E-state index >= 15 is 0 Å². The average molecular weight is 240 g/mol. The van der Waals surface area contributed by atoms with Crippen molar-refractivity contribution in [2.24, 2.45) is 0 Å². The lowest BCUT2D eigenvalue weighted by Gasteiger charge is -2.40. The van der Waals surface area contributed by atoms with Gasteiger partial charge in [-0.05, 0) is 45.6 Å². The van der Waals surface area contributed by atoms with Gasteiger partial charge in [0.15, 0.2) is 0 Å². The van der Waals surface area contributed by atoms with Gasteiger partial charge in [0.25, 0.3) is 0 Å². The van der Waals surface area contributed by atoms with Crippen molar-refractivity contribution in [1.82, 2.24) is 10.2 Å². The second-order valence-corrected chi connectivity index (χ2v) is 4.96. The van der Waals surface area contributed by atoms with Crippen molar-refractivity contribution in [2.75, 3.05) is 7.05 Å². The third-order valence-corrected chi connectivity index (χ3v) is 3.96. The van der Waals surface area contributed by atoms with Gasteiger partial charge in [0, 0.05) is 6.04 Å². The number of carbonyl (C=O) groups excluding carboxylic acids is 1. The Morgan fingerprint density at radius 2 is 1.94 bits per heavy atom. The first-order valence-corrected chi connectivity index (χ1v) is 6.37. The van der Waals surface area contributed by atoms with Crippen molar-refractivity contribution in [3.63, 3.8) is 0 Å². The minimum Gasteiger partial charge on any atom is -0.480 e. The minimum atomic E-state index is -0.861. The maximum atomic E-state index is 12.3. The zero-order chi connectivity index (χ0) is 12.4. The summed E-state index contributed by atoms with van der Waals surface area (Å²) in [4.78, 5) is 25.2. The quantitative estimate of drug-likeness (QED) is 0.741. The van der Waals surface area contributed by atoms with Crippen LogP contribution >= 0.6 is 0 Å². The number of likely N-dealkylation sites (N-methyl/N-ethyl adjacent to an activating group) is 1. The van der Waals surface area contributed by atoms with E-state index in [0.717, 1.165) is 32.1 Å². The monoisotopic (exact) mass is 240 g/mol. The largest absolute Gasteiger partial charge is 0.480 e. The van der Waals surface area contributed by atoms with Crippen LogP contribution in [0.15, 0.2) is 0 Å². The molecular weight excluding hydrogens is 220 g/mol. The van der Waals surface area contributed by atoms with Crippen molar-refractivity contribution < 1.29 is 14.7 Å². The first-order valence-electron chi connectivity index (χ1n) is 6.37. The van der Waals surface area contributed by atoms with Crippen LogP contribution in [-0.2, 0) is 9.59 Å². The van der Waals surface area contributed by atoms with E-state index in [-0.39, 0.29) is 18.0 Å². The van der Waals surface area contributed by atoms with Gasteiger partial charge in [-0.15, -0.1) is 0 Å². The number of piperidine rings is 1. The SMILES string of the molecule is CN[C@H]1CCC[C@@H]2CCC[C@@H](C(=O)O)N2C1=O. The van der Waals surface area contributed by atoms with Gasteiger partial charge in [-0.1, -0.05) is 0 Å². The lowest BCUT2D eigenvalue weighted by molar-refractivity contribution is -0.155. The molecule has 0 aromatic heterocycles. The van der Waals surface area contributed by atoms with Gasteiger partial charge in [0.05, 0.1) is 6.04 Å². The Morgan fingerprint density at radius 3 is 2.53 bits per heavy atom. The zero-order valence-corrected chi connectivity index (χ0v) is 10.2. The Kier molecular flexibility index (Phi) is 3.66. The second-order valence-electron chi connectivity index (χ2n) is 4.96. The highest BCUT2D eigenvalue weighted by atomic mass is 16.4. The molecule has 2 aliphatic heterocycles. The first-order chi connectivity index (χ1) is 8.15. The Bertz CT molecular complexity index is 319. The molecule has 0 aromatic carbocycles.